The molecule has 0 aliphatic heterocycles. The number of carbonyl (C=O) groups excluding carboxylic acids is 1. The van der Waals surface area contributed by atoms with Crippen LogP contribution < -0.4 is 15.5 Å². The van der Waals surface area contributed by atoms with Crippen LogP contribution in [0.15, 0.2) is 60.9 Å². The van der Waals surface area contributed by atoms with E-state index in [9.17, 15) is 4.79 Å². The third-order valence-electron chi connectivity index (χ3n) is 4.45. The van der Waals surface area contributed by atoms with E-state index in [-0.39, 0.29) is 11.6 Å². The summed E-state index contributed by atoms with van der Waals surface area (Å²) < 4.78 is 0. The third-order valence-corrected chi connectivity index (χ3v) is 4.45. The Bertz CT molecular complexity index is 1000. The Balaban J connectivity index is 1.65. The van der Waals surface area contributed by atoms with Crippen LogP contribution >= 0.6 is 0 Å². The number of anilines is 4. The largest absolute Gasteiger partial charge is 0.372 e. The summed E-state index contributed by atoms with van der Waals surface area (Å²) in [5.74, 6) is 0.116. The van der Waals surface area contributed by atoms with E-state index in [0.717, 1.165) is 18.8 Å². The highest BCUT2D eigenvalue weighted by Gasteiger charge is 2.10. The van der Waals surface area contributed by atoms with Gasteiger partial charge in [0, 0.05) is 24.5 Å². The Hall–Kier alpha value is -3.92. The Morgan fingerprint density at radius 2 is 1.76 bits per heavy atom. The fourth-order valence-corrected chi connectivity index (χ4v) is 2.88. The number of aromatic nitrogens is 2. The Kier molecular flexibility index (Phi) is 6.38. The van der Waals surface area contributed by atoms with Gasteiger partial charge in [0.2, 0.25) is 0 Å². The van der Waals surface area contributed by atoms with Gasteiger partial charge in [-0.2, -0.15) is 5.26 Å². The minimum Gasteiger partial charge on any atom is -0.372 e. The summed E-state index contributed by atoms with van der Waals surface area (Å²) in [7, 11) is 0. The molecule has 0 fully saturated rings. The lowest BCUT2D eigenvalue weighted by molar-refractivity contribution is 0.102. The van der Waals surface area contributed by atoms with Gasteiger partial charge in [-0.05, 0) is 50.2 Å². The van der Waals surface area contributed by atoms with Crippen molar-refractivity contribution in [2.24, 2.45) is 0 Å². The topological polar surface area (TPSA) is 93.9 Å². The quantitative estimate of drug-likeness (QED) is 0.632. The smallest absolute Gasteiger partial charge is 0.275 e. The zero-order valence-corrected chi connectivity index (χ0v) is 16.4. The number of nitrogens with one attached hydrogen (secondary N) is 2. The zero-order valence-electron chi connectivity index (χ0n) is 16.4. The Labute approximate surface area is 170 Å². The van der Waals surface area contributed by atoms with E-state index < -0.39 is 0 Å². The van der Waals surface area contributed by atoms with Crippen molar-refractivity contribution in [3.63, 3.8) is 0 Å². The molecule has 1 aromatic heterocycles. The lowest BCUT2D eigenvalue weighted by atomic mass is 10.2. The molecule has 0 aliphatic rings. The number of hydrogen-bond donors (Lipinski definition) is 2. The van der Waals surface area contributed by atoms with Crippen molar-refractivity contribution in [2.45, 2.75) is 13.8 Å². The van der Waals surface area contributed by atoms with E-state index in [0.29, 0.717) is 22.8 Å². The van der Waals surface area contributed by atoms with Gasteiger partial charge in [-0.1, -0.05) is 12.1 Å². The van der Waals surface area contributed by atoms with Crippen LogP contribution in [0.3, 0.4) is 0 Å². The highest BCUT2D eigenvalue weighted by atomic mass is 16.1. The Morgan fingerprint density at radius 3 is 2.38 bits per heavy atom. The second-order valence-corrected chi connectivity index (χ2v) is 6.24. The van der Waals surface area contributed by atoms with Gasteiger partial charge >= 0.3 is 0 Å². The SMILES string of the molecule is CCN(CC)c1ccc(NC(=O)c2cnc(Nc3ccccc3C#N)cn2)cc1. The standard InChI is InChI=1S/C22H22N6O/c1-3-28(4-2)18-11-9-17(10-12-18)26-22(29)20-14-25-21(15-24-20)27-19-8-6-5-7-16(19)13-23/h5-12,14-15H,3-4H2,1-2H3,(H,25,27)(H,26,29). The van der Waals surface area contributed by atoms with E-state index >= 15 is 0 Å². The molecule has 1 heterocycles. The first kappa shape index (κ1) is 19.8. The predicted octanol–water partition coefficient (Wildman–Crippen LogP) is 4.19. The van der Waals surface area contributed by atoms with Crippen LogP contribution in [0.4, 0.5) is 22.9 Å². The number of amides is 1. The van der Waals surface area contributed by atoms with Gasteiger partial charge in [0.25, 0.3) is 5.91 Å². The van der Waals surface area contributed by atoms with Gasteiger partial charge in [0.15, 0.2) is 0 Å². The van der Waals surface area contributed by atoms with Crippen LogP contribution in [0.25, 0.3) is 0 Å². The molecule has 0 saturated carbocycles. The van der Waals surface area contributed by atoms with Crippen molar-refractivity contribution >= 4 is 28.8 Å². The highest BCUT2D eigenvalue weighted by molar-refractivity contribution is 6.02. The average molecular weight is 386 g/mol. The van der Waals surface area contributed by atoms with E-state index in [1.807, 2.05) is 30.3 Å². The van der Waals surface area contributed by atoms with Gasteiger partial charge in [-0.25, -0.2) is 9.97 Å². The molecule has 3 rings (SSSR count). The molecular weight excluding hydrogens is 364 g/mol. The van der Waals surface area contributed by atoms with Crippen molar-refractivity contribution in [3.8, 4) is 6.07 Å². The zero-order chi connectivity index (χ0) is 20.6. The Morgan fingerprint density at radius 1 is 1.03 bits per heavy atom. The van der Waals surface area contributed by atoms with Crippen LogP contribution in [-0.4, -0.2) is 29.0 Å². The van der Waals surface area contributed by atoms with Crippen LogP contribution in [0.2, 0.25) is 0 Å². The van der Waals surface area contributed by atoms with Crippen LogP contribution in [-0.2, 0) is 0 Å². The van der Waals surface area contributed by atoms with Crippen molar-refractivity contribution in [1.29, 1.82) is 5.26 Å². The van der Waals surface area contributed by atoms with Gasteiger partial charge < -0.3 is 15.5 Å². The number of rotatable bonds is 7. The summed E-state index contributed by atoms with van der Waals surface area (Å²) in [5.41, 5.74) is 3.15. The van der Waals surface area contributed by atoms with Crippen molar-refractivity contribution in [3.05, 3.63) is 72.2 Å². The first-order valence-electron chi connectivity index (χ1n) is 9.39. The number of nitriles is 1. The molecule has 0 atom stereocenters. The molecule has 29 heavy (non-hydrogen) atoms. The molecule has 2 aromatic carbocycles. The lowest BCUT2D eigenvalue weighted by Crippen LogP contribution is -2.21. The monoisotopic (exact) mass is 386 g/mol. The maximum atomic E-state index is 12.4. The van der Waals surface area contributed by atoms with Gasteiger partial charge in [-0.15, -0.1) is 0 Å². The van der Waals surface area contributed by atoms with Crippen molar-refractivity contribution < 1.29 is 4.79 Å². The molecule has 2 N–H and O–H groups in total. The van der Waals surface area contributed by atoms with Crippen molar-refractivity contribution in [1.82, 2.24) is 9.97 Å². The summed E-state index contributed by atoms with van der Waals surface area (Å²) >= 11 is 0. The number of nitrogens with zero attached hydrogens (tertiary/aromatic N) is 4. The molecule has 0 saturated heterocycles. The maximum absolute atomic E-state index is 12.4. The van der Waals surface area contributed by atoms with E-state index in [4.69, 9.17) is 5.26 Å². The first-order chi connectivity index (χ1) is 14.1. The summed E-state index contributed by atoms with van der Waals surface area (Å²) in [6.45, 7) is 6.07. The first-order valence-corrected chi connectivity index (χ1v) is 9.39. The molecule has 0 aliphatic carbocycles. The van der Waals surface area contributed by atoms with E-state index in [2.05, 4.69) is 45.4 Å². The molecular formula is C22H22N6O. The third kappa shape index (κ3) is 4.87. The highest BCUT2D eigenvalue weighted by Crippen LogP contribution is 2.19. The minimum absolute atomic E-state index is 0.205. The summed E-state index contributed by atoms with van der Waals surface area (Å²) in [5, 5.41) is 15.0. The number of carbonyl (C=O) groups is 1. The molecule has 7 nitrogen and oxygen atoms in total. The van der Waals surface area contributed by atoms with Gasteiger partial charge in [-0.3, -0.25) is 4.79 Å². The van der Waals surface area contributed by atoms with E-state index in [1.54, 1.807) is 18.2 Å². The fraction of sp³-hybridized carbons (Fsp3) is 0.182. The molecule has 7 heteroatoms. The molecule has 1 amide bonds. The average Bonchev–Trinajstić information content (AvgIpc) is 2.76. The molecule has 0 unspecified atom stereocenters. The maximum Gasteiger partial charge on any atom is 0.275 e. The normalized spacial score (nSPS) is 10.1. The van der Waals surface area contributed by atoms with E-state index in [1.165, 1.54) is 12.4 Å². The molecule has 146 valence electrons. The van der Waals surface area contributed by atoms with Gasteiger partial charge in [0.05, 0.1) is 23.6 Å². The number of hydrogen-bond acceptors (Lipinski definition) is 6. The number of para-hydroxylation sites is 1. The van der Waals surface area contributed by atoms with Gasteiger partial charge in [0.1, 0.15) is 17.6 Å². The molecule has 0 bridgehead atoms. The van der Waals surface area contributed by atoms with Crippen LogP contribution in [0, 0.1) is 11.3 Å². The predicted molar refractivity (Wildman–Crippen MR) is 114 cm³/mol. The summed E-state index contributed by atoms with van der Waals surface area (Å²) in [6.07, 6.45) is 2.86. The number of benzene rings is 2. The van der Waals surface area contributed by atoms with Crippen molar-refractivity contribution in [2.75, 3.05) is 28.6 Å². The molecule has 0 radical (unpaired) electrons. The lowest BCUT2D eigenvalue weighted by Gasteiger charge is -2.21. The summed E-state index contributed by atoms with van der Waals surface area (Å²) in [6, 6.07) is 16.9. The fourth-order valence-electron chi connectivity index (χ4n) is 2.88. The second-order valence-electron chi connectivity index (χ2n) is 6.24. The summed E-state index contributed by atoms with van der Waals surface area (Å²) in [4.78, 5) is 23.0. The minimum atomic E-state index is -0.336. The van der Waals surface area contributed by atoms with Crippen LogP contribution in [0.5, 0.6) is 0 Å². The van der Waals surface area contributed by atoms with Crippen LogP contribution in [0.1, 0.15) is 29.9 Å². The molecule has 0 spiro atoms. The second kappa shape index (κ2) is 9.33. The molecule has 3 aromatic rings.